The van der Waals surface area contributed by atoms with Crippen molar-refractivity contribution in [2.45, 2.75) is 25.6 Å². The molecule has 116 valence electrons. The fourth-order valence-corrected chi connectivity index (χ4v) is 3.51. The summed E-state index contributed by atoms with van der Waals surface area (Å²) in [5.74, 6) is 1.24. The van der Waals surface area contributed by atoms with Crippen LogP contribution in [0, 0.1) is 0 Å². The second-order valence-corrected chi connectivity index (χ2v) is 5.90. The lowest BCUT2D eigenvalue weighted by Gasteiger charge is -2.33. The highest BCUT2D eigenvalue weighted by atomic mass is 16.7. The molecule has 1 heterocycles. The van der Waals surface area contributed by atoms with Crippen LogP contribution in [-0.4, -0.2) is 12.9 Å². The van der Waals surface area contributed by atoms with Crippen LogP contribution in [0.4, 0.5) is 0 Å². The van der Waals surface area contributed by atoms with Crippen molar-refractivity contribution in [1.82, 2.24) is 0 Å². The van der Waals surface area contributed by atoms with E-state index in [1.54, 1.807) is 0 Å². The van der Waals surface area contributed by atoms with Crippen molar-refractivity contribution in [2.24, 2.45) is 0 Å². The molecule has 23 heavy (non-hydrogen) atoms. The van der Waals surface area contributed by atoms with Gasteiger partial charge in [0.05, 0.1) is 0 Å². The van der Waals surface area contributed by atoms with Crippen LogP contribution in [0.15, 0.2) is 66.7 Å². The summed E-state index contributed by atoms with van der Waals surface area (Å²) in [5, 5.41) is 2.53. The summed E-state index contributed by atoms with van der Waals surface area (Å²) in [6, 6.07) is 23.4. The Morgan fingerprint density at radius 1 is 0.957 bits per heavy atom. The molecule has 3 aromatic rings. The Kier molecular flexibility index (Phi) is 3.76. The van der Waals surface area contributed by atoms with Crippen molar-refractivity contribution in [3.8, 4) is 5.75 Å². The van der Waals surface area contributed by atoms with Crippen molar-refractivity contribution >= 4 is 10.8 Å². The summed E-state index contributed by atoms with van der Waals surface area (Å²) in [6.45, 7) is 2.67. The Balaban J connectivity index is 1.90. The lowest BCUT2D eigenvalue weighted by molar-refractivity contribution is -0.0891. The minimum Gasteiger partial charge on any atom is -0.465 e. The zero-order chi connectivity index (χ0) is 15.6. The van der Waals surface area contributed by atoms with E-state index in [-0.39, 0.29) is 6.29 Å². The SMILES string of the molecule is CCO[C@@H]1C[C@H](c2ccccc2)c2c(ccc3ccccc23)O1. The second-order valence-electron chi connectivity index (χ2n) is 5.90. The molecule has 0 aromatic heterocycles. The first-order valence-electron chi connectivity index (χ1n) is 8.21. The third-order valence-corrected chi connectivity index (χ3v) is 4.52. The number of rotatable bonds is 3. The molecule has 0 fully saturated rings. The summed E-state index contributed by atoms with van der Waals surface area (Å²) in [6.07, 6.45) is 0.664. The maximum absolute atomic E-state index is 6.11. The van der Waals surface area contributed by atoms with Gasteiger partial charge in [0.1, 0.15) is 5.75 Å². The molecule has 0 saturated carbocycles. The van der Waals surface area contributed by atoms with Crippen LogP contribution in [0.5, 0.6) is 5.75 Å². The van der Waals surface area contributed by atoms with E-state index in [1.165, 1.54) is 21.9 Å². The van der Waals surface area contributed by atoms with Crippen LogP contribution in [0.25, 0.3) is 10.8 Å². The number of hydrogen-bond acceptors (Lipinski definition) is 2. The second kappa shape index (κ2) is 6.05. The summed E-state index contributed by atoms with van der Waals surface area (Å²) in [4.78, 5) is 0. The Bertz CT molecular complexity index is 810. The van der Waals surface area contributed by atoms with Gasteiger partial charge in [0, 0.05) is 24.5 Å². The summed E-state index contributed by atoms with van der Waals surface area (Å²) < 4.78 is 11.9. The lowest BCUT2D eigenvalue weighted by atomic mass is 9.83. The quantitative estimate of drug-likeness (QED) is 0.669. The van der Waals surface area contributed by atoms with Crippen LogP contribution in [0.1, 0.15) is 30.4 Å². The molecule has 0 bridgehead atoms. The number of ether oxygens (including phenoxy) is 2. The average molecular weight is 304 g/mol. The van der Waals surface area contributed by atoms with Gasteiger partial charge in [-0.2, -0.15) is 0 Å². The van der Waals surface area contributed by atoms with E-state index in [0.717, 1.165) is 12.2 Å². The van der Waals surface area contributed by atoms with E-state index < -0.39 is 0 Å². The molecule has 2 heteroatoms. The van der Waals surface area contributed by atoms with Gasteiger partial charge in [0.25, 0.3) is 0 Å². The van der Waals surface area contributed by atoms with Crippen LogP contribution < -0.4 is 4.74 Å². The smallest absolute Gasteiger partial charge is 0.200 e. The first kappa shape index (κ1) is 14.3. The fraction of sp³-hybridized carbons (Fsp3) is 0.238. The van der Waals surface area contributed by atoms with Gasteiger partial charge < -0.3 is 9.47 Å². The molecule has 1 aliphatic rings. The van der Waals surface area contributed by atoms with E-state index in [9.17, 15) is 0 Å². The van der Waals surface area contributed by atoms with E-state index in [0.29, 0.717) is 12.5 Å². The van der Waals surface area contributed by atoms with Gasteiger partial charge in [0.2, 0.25) is 6.29 Å². The Hall–Kier alpha value is -2.32. The van der Waals surface area contributed by atoms with Crippen molar-refractivity contribution in [3.63, 3.8) is 0 Å². The molecule has 2 nitrogen and oxygen atoms in total. The molecular weight excluding hydrogens is 284 g/mol. The van der Waals surface area contributed by atoms with Crippen molar-refractivity contribution < 1.29 is 9.47 Å². The van der Waals surface area contributed by atoms with E-state index >= 15 is 0 Å². The summed E-state index contributed by atoms with van der Waals surface area (Å²) in [7, 11) is 0. The van der Waals surface area contributed by atoms with Gasteiger partial charge in [-0.1, -0.05) is 60.7 Å². The van der Waals surface area contributed by atoms with Crippen LogP contribution in [0.2, 0.25) is 0 Å². The van der Waals surface area contributed by atoms with Crippen molar-refractivity contribution in [3.05, 3.63) is 77.9 Å². The molecule has 3 aromatic carbocycles. The molecule has 0 unspecified atom stereocenters. The Morgan fingerprint density at radius 2 is 1.74 bits per heavy atom. The largest absolute Gasteiger partial charge is 0.465 e. The topological polar surface area (TPSA) is 18.5 Å². The van der Waals surface area contributed by atoms with Gasteiger partial charge in [-0.25, -0.2) is 0 Å². The molecular formula is C21H20O2. The predicted molar refractivity (Wildman–Crippen MR) is 92.9 cm³/mol. The van der Waals surface area contributed by atoms with Crippen molar-refractivity contribution in [1.29, 1.82) is 0 Å². The number of hydrogen-bond donors (Lipinski definition) is 0. The maximum atomic E-state index is 6.11. The number of benzene rings is 3. The Labute approximate surface area is 136 Å². The molecule has 0 radical (unpaired) electrons. The first-order valence-corrected chi connectivity index (χ1v) is 8.21. The summed E-state index contributed by atoms with van der Waals surface area (Å²) >= 11 is 0. The maximum Gasteiger partial charge on any atom is 0.200 e. The molecule has 0 amide bonds. The van der Waals surface area contributed by atoms with E-state index in [4.69, 9.17) is 9.47 Å². The lowest BCUT2D eigenvalue weighted by Crippen LogP contribution is -2.29. The molecule has 2 atom stereocenters. The van der Waals surface area contributed by atoms with Gasteiger partial charge in [-0.05, 0) is 29.3 Å². The number of fused-ring (bicyclic) bond motifs is 3. The zero-order valence-corrected chi connectivity index (χ0v) is 13.2. The first-order chi connectivity index (χ1) is 11.4. The van der Waals surface area contributed by atoms with Gasteiger partial charge in [-0.15, -0.1) is 0 Å². The third-order valence-electron chi connectivity index (χ3n) is 4.52. The third kappa shape index (κ3) is 2.60. The zero-order valence-electron chi connectivity index (χ0n) is 13.2. The van der Waals surface area contributed by atoms with Crippen LogP contribution in [0.3, 0.4) is 0 Å². The van der Waals surface area contributed by atoms with Crippen LogP contribution >= 0.6 is 0 Å². The highest BCUT2D eigenvalue weighted by Gasteiger charge is 2.31. The van der Waals surface area contributed by atoms with E-state index in [1.807, 2.05) is 6.92 Å². The predicted octanol–water partition coefficient (Wildman–Crippen LogP) is 5.12. The molecule has 0 N–H and O–H groups in total. The minimum absolute atomic E-state index is 0.182. The van der Waals surface area contributed by atoms with Gasteiger partial charge >= 0.3 is 0 Å². The molecule has 4 rings (SSSR count). The van der Waals surface area contributed by atoms with E-state index in [2.05, 4.69) is 66.7 Å². The standard InChI is InChI=1S/C21H20O2/c1-2-22-20-14-18(15-8-4-3-5-9-15)21-17-11-7-6-10-16(17)12-13-19(21)23-20/h3-13,18,20H,2,14H2,1H3/t18-,20+/m1/s1. The average Bonchev–Trinajstić information content (AvgIpc) is 2.62. The summed E-state index contributed by atoms with van der Waals surface area (Å²) in [5.41, 5.74) is 2.60. The van der Waals surface area contributed by atoms with Crippen LogP contribution in [-0.2, 0) is 4.74 Å². The van der Waals surface area contributed by atoms with Crippen molar-refractivity contribution in [2.75, 3.05) is 6.61 Å². The van der Waals surface area contributed by atoms with Gasteiger partial charge in [0.15, 0.2) is 0 Å². The Morgan fingerprint density at radius 3 is 2.57 bits per heavy atom. The molecule has 0 saturated heterocycles. The molecule has 0 spiro atoms. The fourth-order valence-electron chi connectivity index (χ4n) is 3.51. The highest BCUT2D eigenvalue weighted by molar-refractivity contribution is 5.89. The highest BCUT2D eigenvalue weighted by Crippen LogP contribution is 2.44. The monoisotopic (exact) mass is 304 g/mol. The normalized spacial score (nSPS) is 20.0. The molecule has 0 aliphatic carbocycles. The minimum atomic E-state index is -0.182. The van der Waals surface area contributed by atoms with Gasteiger partial charge in [-0.3, -0.25) is 0 Å². The molecule has 1 aliphatic heterocycles.